The Balaban J connectivity index is 1.79. The van der Waals surface area contributed by atoms with E-state index in [4.69, 9.17) is 0 Å². The van der Waals surface area contributed by atoms with Crippen molar-refractivity contribution in [2.75, 3.05) is 25.0 Å². The second-order valence-electron chi connectivity index (χ2n) is 5.38. The summed E-state index contributed by atoms with van der Waals surface area (Å²) < 4.78 is 36.0. The predicted octanol–water partition coefficient (Wildman–Crippen LogP) is 3.50. The van der Waals surface area contributed by atoms with Gasteiger partial charge >= 0.3 is 6.18 Å². The van der Waals surface area contributed by atoms with Crippen LogP contribution in [0.25, 0.3) is 0 Å². The first-order valence-corrected chi connectivity index (χ1v) is 7.06. The van der Waals surface area contributed by atoms with Gasteiger partial charge in [0, 0.05) is 32.2 Å². The van der Waals surface area contributed by atoms with Gasteiger partial charge in [-0.1, -0.05) is 12.1 Å². The lowest BCUT2D eigenvalue weighted by Gasteiger charge is -2.27. The molecule has 2 rings (SSSR count). The molecule has 0 unspecified atom stereocenters. The monoisotopic (exact) mass is 286 g/mol. The highest BCUT2D eigenvalue weighted by Gasteiger charge is 2.25. The van der Waals surface area contributed by atoms with Gasteiger partial charge in [0.2, 0.25) is 0 Å². The number of anilines is 1. The average molecular weight is 286 g/mol. The lowest BCUT2D eigenvalue weighted by atomic mass is 9.99. The van der Waals surface area contributed by atoms with Gasteiger partial charge in [-0.25, -0.2) is 0 Å². The van der Waals surface area contributed by atoms with Gasteiger partial charge in [0.15, 0.2) is 0 Å². The topological polar surface area (TPSA) is 15.3 Å². The molecule has 0 aromatic heterocycles. The summed E-state index contributed by atoms with van der Waals surface area (Å²) in [5.74, 6) is 0. The zero-order valence-electron chi connectivity index (χ0n) is 11.8. The Labute approximate surface area is 118 Å². The molecule has 0 fully saturated rings. The van der Waals surface area contributed by atoms with Crippen LogP contribution in [0.15, 0.2) is 18.2 Å². The Morgan fingerprint density at radius 3 is 2.85 bits per heavy atom. The maximum absolute atomic E-state index is 12.0. The van der Waals surface area contributed by atoms with Crippen molar-refractivity contribution in [1.29, 1.82) is 0 Å². The first-order chi connectivity index (χ1) is 9.46. The number of fused-ring (bicyclic) bond motifs is 1. The van der Waals surface area contributed by atoms with Crippen molar-refractivity contribution < 1.29 is 13.2 Å². The molecule has 1 aromatic rings. The standard InChI is InChI=1S/C15H21F3N2/c1-20-9-2-4-13-10-12(5-6-14(13)20)11-19-8-3-7-15(16,17)18/h5-6,10,19H,2-4,7-9,11H2,1H3. The molecular formula is C15H21F3N2. The van der Waals surface area contributed by atoms with Gasteiger partial charge in [0.05, 0.1) is 0 Å². The number of hydrogen-bond acceptors (Lipinski definition) is 2. The number of alkyl halides is 3. The fraction of sp³-hybridized carbons (Fsp3) is 0.600. The number of nitrogens with one attached hydrogen (secondary N) is 1. The molecule has 1 aliphatic rings. The quantitative estimate of drug-likeness (QED) is 0.833. The van der Waals surface area contributed by atoms with Crippen LogP contribution in [-0.2, 0) is 13.0 Å². The second kappa shape index (κ2) is 6.48. The number of halogens is 3. The molecule has 0 atom stereocenters. The molecule has 2 nitrogen and oxygen atoms in total. The smallest absolute Gasteiger partial charge is 0.374 e. The number of rotatable bonds is 5. The van der Waals surface area contributed by atoms with Crippen molar-refractivity contribution in [3.63, 3.8) is 0 Å². The van der Waals surface area contributed by atoms with Gasteiger partial charge in [-0.05, 0) is 43.0 Å². The minimum absolute atomic E-state index is 0.136. The Bertz CT molecular complexity index is 443. The number of aryl methyl sites for hydroxylation is 1. The van der Waals surface area contributed by atoms with E-state index in [1.807, 2.05) is 0 Å². The second-order valence-corrected chi connectivity index (χ2v) is 5.38. The van der Waals surface area contributed by atoms with E-state index in [9.17, 15) is 13.2 Å². The highest BCUT2D eigenvalue weighted by molar-refractivity contribution is 5.56. The average Bonchev–Trinajstić information content (AvgIpc) is 2.37. The summed E-state index contributed by atoms with van der Waals surface area (Å²) in [4.78, 5) is 2.25. The van der Waals surface area contributed by atoms with Crippen molar-refractivity contribution in [3.8, 4) is 0 Å². The van der Waals surface area contributed by atoms with Gasteiger partial charge < -0.3 is 10.2 Å². The van der Waals surface area contributed by atoms with Crippen LogP contribution in [0.1, 0.15) is 30.4 Å². The van der Waals surface area contributed by atoms with E-state index in [1.165, 1.54) is 11.3 Å². The van der Waals surface area contributed by atoms with Crippen LogP contribution in [0, 0.1) is 0 Å². The number of benzene rings is 1. The van der Waals surface area contributed by atoms with Crippen LogP contribution in [0.2, 0.25) is 0 Å². The van der Waals surface area contributed by atoms with E-state index in [-0.39, 0.29) is 6.42 Å². The van der Waals surface area contributed by atoms with Crippen molar-refractivity contribution in [3.05, 3.63) is 29.3 Å². The highest BCUT2D eigenvalue weighted by atomic mass is 19.4. The molecule has 1 aromatic carbocycles. The van der Waals surface area contributed by atoms with Crippen molar-refractivity contribution >= 4 is 5.69 Å². The molecule has 112 valence electrons. The van der Waals surface area contributed by atoms with Gasteiger partial charge in [0.25, 0.3) is 0 Å². The zero-order valence-corrected chi connectivity index (χ0v) is 11.8. The SMILES string of the molecule is CN1CCCc2cc(CNCCCC(F)(F)F)ccc21. The first kappa shape index (κ1) is 15.2. The van der Waals surface area contributed by atoms with E-state index in [0.717, 1.165) is 24.9 Å². The maximum atomic E-state index is 12.0. The zero-order chi connectivity index (χ0) is 14.6. The van der Waals surface area contributed by atoms with Gasteiger partial charge in [-0.2, -0.15) is 13.2 Å². The van der Waals surface area contributed by atoms with Crippen LogP contribution in [0.5, 0.6) is 0 Å². The fourth-order valence-corrected chi connectivity index (χ4v) is 2.60. The largest absolute Gasteiger partial charge is 0.389 e. The molecule has 0 saturated heterocycles. The van der Waals surface area contributed by atoms with Crippen LogP contribution in [0.4, 0.5) is 18.9 Å². The predicted molar refractivity (Wildman–Crippen MR) is 75.0 cm³/mol. The van der Waals surface area contributed by atoms with Crippen LogP contribution in [-0.4, -0.2) is 26.3 Å². The van der Waals surface area contributed by atoms with E-state index in [0.29, 0.717) is 13.1 Å². The summed E-state index contributed by atoms with van der Waals surface area (Å²) in [6, 6.07) is 6.33. The number of hydrogen-bond donors (Lipinski definition) is 1. The van der Waals surface area contributed by atoms with E-state index < -0.39 is 12.6 Å². The summed E-state index contributed by atoms with van der Waals surface area (Å²) in [5, 5.41) is 3.08. The third-order valence-electron chi connectivity index (χ3n) is 3.64. The minimum Gasteiger partial charge on any atom is -0.374 e. The van der Waals surface area contributed by atoms with E-state index >= 15 is 0 Å². The van der Waals surface area contributed by atoms with Crippen LogP contribution in [0.3, 0.4) is 0 Å². The van der Waals surface area contributed by atoms with Gasteiger partial charge in [-0.3, -0.25) is 0 Å². The molecular weight excluding hydrogens is 265 g/mol. The Hall–Kier alpha value is -1.23. The van der Waals surface area contributed by atoms with Crippen molar-refractivity contribution in [2.24, 2.45) is 0 Å². The summed E-state index contributed by atoms with van der Waals surface area (Å²) >= 11 is 0. The third kappa shape index (κ3) is 4.40. The van der Waals surface area contributed by atoms with Crippen molar-refractivity contribution in [2.45, 2.75) is 38.4 Å². The summed E-state index contributed by atoms with van der Waals surface area (Å²) in [6.07, 6.45) is -2.38. The Morgan fingerprint density at radius 2 is 2.10 bits per heavy atom. The molecule has 0 amide bonds. The molecule has 0 spiro atoms. The lowest BCUT2D eigenvalue weighted by Crippen LogP contribution is -2.25. The van der Waals surface area contributed by atoms with E-state index in [2.05, 4.69) is 35.5 Å². The number of nitrogens with zero attached hydrogens (tertiary/aromatic N) is 1. The van der Waals surface area contributed by atoms with E-state index in [1.54, 1.807) is 0 Å². The molecule has 0 aliphatic carbocycles. The molecule has 1 N–H and O–H groups in total. The van der Waals surface area contributed by atoms with Gasteiger partial charge in [-0.15, -0.1) is 0 Å². The lowest BCUT2D eigenvalue weighted by molar-refractivity contribution is -0.135. The molecule has 5 heteroatoms. The molecule has 0 saturated carbocycles. The van der Waals surface area contributed by atoms with Crippen LogP contribution >= 0.6 is 0 Å². The summed E-state index contributed by atoms with van der Waals surface area (Å²) in [5.41, 5.74) is 3.76. The highest BCUT2D eigenvalue weighted by Crippen LogP contribution is 2.26. The molecule has 0 bridgehead atoms. The summed E-state index contributed by atoms with van der Waals surface area (Å²) in [7, 11) is 2.09. The first-order valence-electron chi connectivity index (χ1n) is 7.06. The fourth-order valence-electron chi connectivity index (χ4n) is 2.60. The summed E-state index contributed by atoms with van der Waals surface area (Å²) in [6.45, 7) is 2.12. The molecule has 0 radical (unpaired) electrons. The molecule has 1 heterocycles. The molecule has 1 aliphatic heterocycles. The Kier molecular flexibility index (Phi) is 4.91. The van der Waals surface area contributed by atoms with Crippen LogP contribution < -0.4 is 10.2 Å². The third-order valence-corrected chi connectivity index (χ3v) is 3.64. The van der Waals surface area contributed by atoms with Crippen molar-refractivity contribution in [1.82, 2.24) is 5.32 Å². The molecule has 20 heavy (non-hydrogen) atoms. The maximum Gasteiger partial charge on any atom is 0.389 e. The minimum atomic E-state index is -4.04. The van der Waals surface area contributed by atoms with Gasteiger partial charge in [0.1, 0.15) is 0 Å². The Morgan fingerprint density at radius 1 is 1.30 bits per heavy atom. The normalized spacial score (nSPS) is 15.3.